The Labute approximate surface area is 132 Å². The van der Waals surface area contributed by atoms with Gasteiger partial charge in [0, 0.05) is 29.5 Å². The molecule has 0 spiro atoms. The second kappa shape index (κ2) is 5.84. The van der Waals surface area contributed by atoms with Gasteiger partial charge in [0.2, 0.25) is 0 Å². The summed E-state index contributed by atoms with van der Waals surface area (Å²) in [4.78, 5) is 13.4. The molecule has 3 heterocycles. The van der Waals surface area contributed by atoms with Crippen LogP contribution in [0.2, 0.25) is 0 Å². The molecule has 6 nitrogen and oxygen atoms in total. The van der Waals surface area contributed by atoms with Gasteiger partial charge in [0.1, 0.15) is 5.82 Å². The number of anilines is 1. The molecule has 112 valence electrons. The summed E-state index contributed by atoms with van der Waals surface area (Å²) in [6.07, 6.45) is 5.22. The van der Waals surface area contributed by atoms with Crippen LogP contribution < -0.4 is 5.32 Å². The highest BCUT2D eigenvalue weighted by molar-refractivity contribution is 5.90. The quantitative estimate of drug-likeness (QED) is 0.606. The van der Waals surface area contributed by atoms with Crippen LogP contribution in [0, 0.1) is 0 Å². The van der Waals surface area contributed by atoms with Crippen LogP contribution in [0.25, 0.3) is 22.3 Å². The van der Waals surface area contributed by atoms with Crippen molar-refractivity contribution in [3.8, 4) is 11.4 Å². The molecule has 0 saturated heterocycles. The van der Waals surface area contributed by atoms with Gasteiger partial charge in [-0.25, -0.2) is 9.97 Å². The Bertz CT molecular complexity index is 918. The van der Waals surface area contributed by atoms with Crippen molar-refractivity contribution < 1.29 is 0 Å². The summed E-state index contributed by atoms with van der Waals surface area (Å²) in [5, 5.41) is 11.2. The van der Waals surface area contributed by atoms with E-state index in [0.717, 1.165) is 28.0 Å². The molecule has 4 aromatic rings. The molecule has 0 radical (unpaired) electrons. The third kappa shape index (κ3) is 2.74. The molecule has 0 amide bonds. The molecular formula is C17H14N6. The number of hydrogen-bond donors (Lipinski definition) is 2. The van der Waals surface area contributed by atoms with Gasteiger partial charge < -0.3 is 5.32 Å². The molecule has 0 saturated carbocycles. The predicted molar refractivity (Wildman–Crippen MR) is 88.7 cm³/mol. The summed E-state index contributed by atoms with van der Waals surface area (Å²) in [7, 11) is 0. The van der Waals surface area contributed by atoms with Crippen LogP contribution in [-0.2, 0) is 6.54 Å². The van der Waals surface area contributed by atoms with Crippen molar-refractivity contribution in [2.45, 2.75) is 6.54 Å². The Morgan fingerprint density at radius 1 is 0.913 bits per heavy atom. The van der Waals surface area contributed by atoms with Crippen LogP contribution in [-0.4, -0.2) is 25.1 Å². The molecule has 0 bridgehead atoms. The van der Waals surface area contributed by atoms with Crippen LogP contribution in [0.15, 0.2) is 61.1 Å². The molecule has 4 rings (SSSR count). The normalized spacial score (nSPS) is 10.8. The molecule has 6 heteroatoms. The molecule has 3 aromatic heterocycles. The number of hydrogen-bond acceptors (Lipinski definition) is 5. The second-order valence-electron chi connectivity index (χ2n) is 5.08. The number of H-pyrrole nitrogens is 1. The number of nitrogens with one attached hydrogen (secondary N) is 2. The summed E-state index contributed by atoms with van der Waals surface area (Å²) >= 11 is 0. The predicted octanol–water partition coefficient (Wildman–Crippen LogP) is 3.03. The topological polar surface area (TPSA) is 79.4 Å². The van der Waals surface area contributed by atoms with Gasteiger partial charge in [0.15, 0.2) is 5.82 Å². The highest BCUT2D eigenvalue weighted by Gasteiger charge is 2.09. The zero-order valence-electron chi connectivity index (χ0n) is 12.3. The first-order valence-electron chi connectivity index (χ1n) is 7.29. The van der Waals surface area contributed by atoms with E-state index >= 15 is 0 Å². The van der Waals surface area contributed by atoms with Gasteiger partial charge in [-0.05, 0) is 30.3 Å². The SMILES string of the molecule is c1ccc2c(NCc3ccn[nH]3)nc(-c3ccncc3)nc2c1. The summed E-state index contributed by atoms with van der Waals surface area (Å²) < 4.78 is 0. The molecular weight excluding hydrogens is 288 g/mol. The Balaban J connectivity index is 1.77. The average Bonchev–Trinajstić information content (AvgIpc) is 3.14. The van der Waals surface area contributed by atoms with E-state index in [2.05, 4.69) is 30.5 Å². The molecule has 0 aliphatic rings. The molecule has 0 aliphatic carbocycles. The zero-order valence-corrected chi connectivity index (χ0v) is 12.3. The van der Waals surface area contributed by atoms with Crippen LogP contribution >= 0.6 is 0 Å². The Morgan fingerprint density at radius 2 is 1.78 bits per heavy atom. The molecule has 2 N–H and O–H groups in total. The largest absolute Gasteiger partial charge is 0.364 e. The lowest BCUT2D eigenvalue weighted by Crippen LogP contribution is -2.04. The minimum atomic E-state index is 0.622. The second-order valence-corrected chi connectivity index (χ2v) is 5.08. The first kappa shape index (κ1) is 13.4. The molecule has 23 heavy (non-hydrogen) atoms. The van der Waals surface area contributed by atoms with E-state index in [0.29, 0.717) is 12.4 Å². The van der Waals surface area contributed by atoms with Crippen LogP contribution in [0.4, 0.5) is 5.82 Å². The van der Waals surface area contributed by atoms with Gasteiger partial charge in [-0.1, -0.05) is 12.1 Å². The number of benzene rings is 1. The van der Waals surface area contributed by atoms with E-state index in [-0.39, 0.29) is 0 Å². The van der Waals surface area contributed by atoms with Crippen molar-refractivity contribution in [2.24, 2.45) is 0 Å². The lowest BCUT2D eigenvalue weighted by Gasteiger charge is -2.10. The summed E-state index contributed by atoms with van der Waals surface area (Å²) in [5.41, 5.74) is 2.84. The maximum absolute atomic E-state index is 4.69. The van der Waals surface area contributed by atoms with Crippen molar-refractivity contribution in [3.63, 3.8) is 0 Å². The highest BCUT2D eigenvalue weighted by Crippen LogP contribution is 2.24. The minimum Gasteiger partial charge on any atom is -0.364 e. The fourth-order valence-corrected chi connectivity index (χ4v) is 2.40. The van der Waals surface area contributed by atoms with E-state index in [1.54, 1.807) is 18.6 Å². The van der Waals surface area contributed by atoms with Crippen molar-refractivity contribution in [1.82, 2.24) is 25.1 Å². The maximum atomic E-state index is 4.69. The lowest BCUT2D eigenvalue weighted by atomic mass is 10.2. The molecule has 0 atom stereocenters. The fourth-order valence-electron chi connectivity index (χ4n) is 2.40. The number of rotatable bonds is 4. The van der Waals surface area contributed by atoms with Gasteiger partial charge >= 0.3 is 0 Å². The first-order chi connectivity index (χ1) is 11.4. The van der Waals surface area contributed by atoms with Crippen molar-refractivity contribution in [2.75, 3.05) is 5.32 Å². The van der Waals surface area contributed by atoms with Gasteiger partial charge in [-0.2, -0.15) is 5.10 Å². The third-order valence-electron chi connectivity index (χ3n) is 3.55. The molecule has 0 aliphatic heterocycles. The minimum absolute atomic E-state index is 0.622. The Hall–Kier alpha value is -3.28. The average molecular weight is 302 g/mol. The standard InChI is InChI=1S/C17H14N6/c1-2-4-15-14(3-1)17(19-11-13-7-10-20-23-13)22-16(21-15)12-5-8-18-9-6-12/h1-10H,11H2,(H,20,23)(H,19,21,22). The van der Waals surface area contributed by atoms with E-state index in [4.69, 9.17) is 0 Å². The van der Waals surface area contributed by atoms with Crippen molar-refractivity contribution in [3.05, 3.63) is 66.7 Å². The van der Waals surface area contributed by atoms with Gasteiger partial charge in [-0.3, -0.25) is 10.1 Å². The summed E-state index contributed by atoms with van der Waals surface area (Å²) in [6, 6.07) is 13.7. The molecule has 0 fully saturated rings. The van der Waals surface area contributed by atoms with Gasteiger partial charge in [0.05, 0.1) is 17.8 Å². The van der Waals surface area contributed by atoms with E-state index < -0.39 is 0 Å². The molecule has 1 aromatic carbocycles. The van der Waals surface area contributed by atoms with Crippen molar-refractivity contribution in [1.29, 1.82) is 0 Å². The summed E-state index contributed by atoms with van der Waals surface area (Å²) in [5.74, 6) is 1.48. The smallest absolute Gasteiger partial charge is 0.162 e. The Morgan fingerprint density at radius 3 is 2.61 bits per heavy atom. The zero-order chi connectivity index (χ0) is 15.5. The first-order valence-corrected chi connectivity index (χ1v) is 7.29. The fraction of sp³-hybridized carbons (Fsp3) is 0.0588. The summed E-state index contributed by atoms with van der Waals surface area (Å²) in [6.45, 7) is 0.622. The van der Waals surface area contributed by atoms with E-state index in [9.17, 15) is 0 Å². The number of fused-ring (bicyclic) bond motifs is 1. The van der Waals surface area contributed by atoms with Crippen LogP contribution in [0.3, 0.4) is 0 Å². The Kier molecular flexibility index (Phi) is 3.40. The van der Waals surface area contributed by atoms with E-state index in [1.807, 2.05) is 42.5 Å². The monoisotopic (exact) mass is 302 g/mol. The van der Waals surface area contributed by atoms with Gasteiger partial charge in [0.25, 0.3) is 0 Å². The molecule has 0 unspecified atom stereocenters. The van der Waals surface area contributed by atoms with Crippen molar-refractivity contribution >= 4 is 16.7 Å². The maximum Gasteiger partial charge on any atom is 0.162 e. The van der Waals surface area contributed by atoms with Gasteiger partial charge in [-0.15, -0.1) is 0 Å². The number of para-hydroxylation sites is 1. The number of nitrogens with zero attached hydrogens (tertiary/aromatic N) is 4. The van der Waals surface area contributed by atoms with Crippen LogP contribution in [0.1, 0.15) is 5.69 Å². The third-order valence-corrected chi connectivity index (χ3v) is 3.55. The highest BCUT2D eigenvalue weighted by atomic mass is 15.1. The number of pyridine rings is 1. The number of aromatic nitrogens is 5. The van der Waals surface area contributed by atoms with E-state index in [1.165, 1.54) is 0 Å². The number of aromatic amines is 1. The van der Waals surface area contributed by atoms with Crippen LogP contribution in [0.5, 0.6) is 0 Å². The lowest BCUT2D eigenvalue weighted by molar-refractivity contribution is 0.975.